The molecule has 0 aromatic rings. The molecule has 0 aromatic heterocycles. The Morgan fingerprint density at radius 2 is 2.55 bits per heavy atom. The summed E-state index contributed by atoms with van der Waals surface area (Å²) >= 11 is 0. The Kier molecular flexibility index (Phi) is 1.34. The van der Waals surface area contributed by atoms with Crippen LogP contribution in [0.1, 0.15) is 6.42 Å². The van der Waals surface area contributed by atoms with Crippen LogP contribution in [0.2, 0.25) is 0 Å². The Morgan fingerprint density at radius 1 is 1.73 bits per heavy atom. The molecule has 2 bridgehead atoms. The molecule has 0 saturated carbocycles. The normalized spacial score (nSPS) is 33.5. The molecule has 0 N–H and O–H groups in total. The standard InChI is InChI=1S/C9H11NO/c1-2-5-10-8-4-3-7(6-8)9(10)11/h2-4,7-8H,1,5-6H2/t7-,8+/m0/s1. The molecule has 1 amide bonds. The Morgan fingerprint density at radius 3 is 3.09 bits per heavy atom. The van der Waals surface area contributed by atoms with Gasteiger partial charge in [0.15, 0.2) is 0 Å². The molecule has 1 aliphatic carbocycles. The number of hydrogen-bond donors (Lipinski definition) is 0. The summed E-state index contributed by atoms with van der Waals surface area (Å²) in [6, 6.07) is 0.366. The maximum atomic E-state index is 11.4. The van der Waals surface area contributed by atoms with E-state index in [4.69, 9.17) is 0 Å². The number of fused-ring (bicyclic) bond motifs is 2. The summed E-state index contributed by atoms with van der Waals surface area (Å²) in [7, 11) is 0. The van der Waals surface area contributed by atoms with Crippen molar-refractivity contribution in [3.63, 3.8) is 0 Å². The van der Waals surface area contributed by atoms with Crippen molar-refractivity contribution >= 4 is 5.91 Å². The van der Waals surface area contributed by atoms with Gasteiger partial charge in [0.05, 0.1) is 12.0 Å². The molecule has 1 saturated heterocycles. The molecule has 2 rings (SSSR count). The van der Waals surface area contributed by atoms with E-state index in [1.807, 2.05) is 11.0 Å². The highest BCUT2D eigenvalue weighted by molar-refractivity contribution is 5.85. The lowest BCUT2D eigenvalue weighted by molar-refractivity contribution is -0.130. The van der Waals surface area contributed by atoms with Gasteiger partial charge in [0.2, 0.25) is 5.91 Å². The number of nitrogens with zero attached hydrogens (tertiary/aromatic N) is 1. The average molecular weight is 149 g/mol. The minimum atomic E-state index is 0.181. The first-order valence-electron chi connectivity index (χ1n) is 3.92. The van der Waals surface area contributed by atoms with Crippen LogP contribution in [0.4, 0.5) is 0 Å². The monoisotopic (exact) mass is 149 g/mol. The zero-order valence-electron chi connectivity index (χ0n) is 6.36. The smallest absolute Gasteiger partial charge is 0.230 e. The van der Waals surface area contributed by atoms with Crippen LogP contribution in [0.5, 0.6) is 0 Å². The topological polar surface area (TPSA) is 20.3 Å². The van der Waals surface area contributed by atoms with E-state index in [2.05, 4.69) is 12.7 Å². The van der Waals surface area contributed by atoms with Gasteiger partial charge in [-0.1, -0.05) is 18.2 Å². The van der Waals surface area contributed by atoms with Crippen LogP contribution < -0.4 is 0 Å². The number of carbonyl (C=O) groups excluding carboxylic acids is 1. The molecular weight excluding hydrogens is 138 g/mol. The Balaban J connectivity index is 2.18. The van der Waals surface area contributed by atoms with Gasteiger partial charge in [-0.2, -0.15) is 0 Å². The fraction of sp³-hybridized carbons (Fsp3) is 0.444. The SMILES string of the molecule is C=CCN1C(=O)[C@H]2C=C[C@@H]1C2. The van der Waals surface area contributed by atoms with Gasteiger partial charge in [-0.3, -0.25) is 4.79 Å². The van der Waals surface area contributed by atoms with Gasteiger partial charge < -0.3 is 4.90 Å². The predicted molar refractivity (Wildman–Crippen MR) is 42.9 cm³/mol. The first-order chi connectivity index (χ1) is 5.33. The lowest BCUT2D eigenvalue weighted by atomic mass is 10.1. The van der Waals surface area contributed by atoms with Gasteiger partial charge in [-0.15, -0.1) is 6.58 Å². The maximum absolute atomic E-state index is 11.4. The number of amides is 1. The molecule has 2 atom stereocenters. The molecule has 0 aromatic carbocycles. The summed E-state index contributed by atoms with van der Waals surface area (Å²) in [5, 5.41) is 0. The molecule has 1 fully saturated rings. The molecule has 1 aliphatic heterocycles. The minimum absolute atomic E-state index is 0.181. The number of rotatable bonds is 2. The van der Waals surface area contributed by atoms with Crippen molar-refractivity contribution < 1.29 is 4.79 Å². The maximum Gasteiger partial charge on any atom is 0.230 e. The summed E-state index contributed by atoms with van der Waals surface area (Å²) in [6.07, 6.45) is 6.92. The van der Waals surface area contributed by atoms with Gasteiger partial charge in [0.1, 0.15) is 0 Å². The van der Waals surface area contributed by atoms with Crippen LogP contribution in [0, 0.1) is 5.92 Å². The van der Waals surface area contributed by atoms with Crippen molar-refractivity contribution in [2.45, 2.75) is 12.5 Å². The van der Waals surface area contributed by atoms with E-state index >= 15 is 0 Å². The second-order valence-electron chi connectivity index (χ2n) is 3.07. The Labute approximate surface area is 66.2 Å². The van der Waals surface area contributed by atoms with E-state index in [-0.39, 0.29) is 11.8 Å². The van der Waals surface area contributed by atoms with E-state index in [0.29, 0.717) is 12.6 Å². The van der Waals surface area contributed by atoms with Gasteiger partial charge in [0, 0.05) is 6.54 Å². The molecule has 0 spiro atoms. The second-order valence-corrected chi connectivity index (χ2v) is 3.07. The largest absolute Gasteiger partial charge is 0.332 e. The van der Waals surface area contributed by atoms with Crippen LogP contribution in [0.25, 0.3) is 0 Å². The van der Waals surface area contributed by atoms with Gasteiger partial charge >= 0.3 is 0 Å². The Hall–Kier alpha value is -1.05. The van der Waals surface area contributed by atoms with Crippen LogP contribution in [-0.2, 0) is 4.79 Å². The summed E-state index contributed by atoms with van der Waals surface area (Å²) < 4.78 is 0. The lowest BCUT2D eigenvalue weighted by Gasteiger charge is -2.21. The van der Waals surface area contributed by atoms with Crippen LogP contribution in [0.15, 0.2) is 24.8 Å². The van der Waals surface area contributed by atoms with E-state index in [9.17, 15) is 4.79 Å². The van der Waals surface area contributed by atoms with Crippen molar-refractivity contribution in [3.05, 3.63) is 24.8 Å². The highest BCUT2D eigenvalue weighted by atomic mass is 16.2. The van der Waals surface area contributed by atoms with Crippen LogP contribution in [-0.4, -0.2) is 23.4 Å². The molecule has 2 heteroatoms. The average Bonchev–Trinajstić information content (AvgIpc) is 2.54. The van der Waals surface area contributed by atoms with E-state index in [1.165, 1.54) is 0 Å². The summed E-state index contributed by atoms with van der Waals surface area (Å²) in [4.78, 5) is 13.3. The zero-order chi connectivity index (χ0) is 7.84. The Bertz CT molecular complexity index is 232. The van der Waals surface area contributed by atoms with E-state index in [1.54, 1.807) is 6.08 Å². The molecule has 0 unspecified atom stereocenters. The third-order valence-corrected chi connectivity index (χ3v) is 2.39. The quantitative estimate of drug-likeness (QED) is 0.535. The second kappa shape index (κ2) is 2.22. The number of likely N-dealkylation sites (tertiary alicyclic amines) is 1. The van der Waals surface area contributed by atoms with Crippen molar-refractivity contribution in [2.75, 3.05) is 6.54 Å². The van der Waals surface area contributed by atoms with Crippen molar-refractivity contribution in [1.82, 2.24) is 4.90 Å². The molecule has 2 aliphatic rings. The van der Waals surface area contributed by atoms with Gasteiger partial charge in [0.25, 0.3) is 0 Å². The highest BCUT2D eigenvalue weighted by Gasteiger charge is 2.39. The summed E-state index contributed by atoms with van der Waals surface area (Å²) in [5.74, 6) is 0.456. The molecule has 11 heavy (non-hydrogen) atoms. The third kappa shape index (κ3) is 0.821. The molecule has 58 valence electrons. The van der Waals surface area contributed by atoms with Crippen molar-refractivity contribution in [3.8, 4) is 0 Å². The number of carbonyl (C=O) groups is 1. The zero-order valence-corrected chi connectivity index (χ0v) is 6.36. The summed E-state index contributed by atoms with van der Waals surface area (Å²) in [5.41, 5.74) is 0. The summed E-state index contributed by atoms with van der Waals surface area (Å²) in [6.45, 7) is 4.32. The van der Waals surface area contributed by atoms with Crippen molar-refractivity contribution in [1.29, 1.82) is 0 Å². The van der Waals surface area contributed by atoms with E-state index in [0.717, 1.165) is 6.42 Å². The predicted octanol–water partition coefficient (Wildman–Crippen LogP) is 0.959. The fourth-order valence-corrected chi connectivity index (χ4v) is 1.83. The van der Waals surface area contributed by atoms with Gasteiger partial charge in [-0.05, 0) is 6.42 Å². The molecule has 0 radical (unpaired) electrons. The molecular formula is C9H11NO. The van der Waals surface area contributed by atoms with Crippen molar-refractivity contribution in [2.24, 2.45) is 5.92 Å². The van der Waals surface area contributed by atoms with Crippen LogP contribution in [0.3, 0.4) is 0 Å². The minimum Gasteiger partial charge on any atom is -0.332 e. The van der Waals surface area contributed by atoms with Crippen LogP contribution >= 0.6 is 0 Å². The molecule has 1 heterocycles. The first kappa shape index (κ1) is 6.65. The lowest BCUT2D eigenvalue weighted by Crippen LogP contribution is -2.34. The van der Waals surface area contributed by atoms with E-state index < -0.39 is 0 Å². The van der Waals surface area contributed by atoms with Gasteiger partial charge in [-0.25, -0.2) is 0 Å². The fourth-order valence-electron chi connectivity index (χ4n) is 1.83. The number of hydrogen-bond acceptors (Lipinski definition) is 1. The first-order valence-corrected chi connectivity index (χ1v) is 3.92. The third-order valence-electron chi connectivity index (χ3n) is 2.39. The molecule has 2 nitrogen and oxygen atoms in total. The highest BCUT2D eigenvalue weighted by Crippen LogP contribution is 2.32.